The normalized spacial score (nSPS) is 13.4. The van der Waals surface area contributed by atoms with E-state index in [9.17, 15) is 9.59 Å². The Bertz CT molecular complexity index is 760. The number of hydrogen-bond acceptors (Lipinski definition) is 2. The molecule has 1 heterocycles. The van der Waals surface area contributed by atoms with Crippen molar-refractivity contribution in [1.82, 2.24) is 0 Å². The minimum absolute atomic E-state index is 0.100. The second-order valence-electron chi connectivity index (χ2n) is 5.22. The first-order chi connectivity index (χ1) is 11.2. The minimum atomic E-state index is -0.120. The fourth-order valence-corrected chi connectivity index (χ4v) is 3.05. The highest BCUT2D eigenvalue weighted by atomic mass is 35.5. The third-order valence-electron chi connectivity index (χ3n) is 3.91. The van der Waals surface area contributed by atoms with Gasteiger partial charge in [0.15, 0.2) is 0 Å². The summed E-state index contributed by atoms with van der Waals surface area (Å²) < 4.78 is 0. The van der Waals surface area contributed by atoms with Crippen molar-refractivity contribution >= 4 is 40.5 Å². The van der Waals surface area contributed by atoms with Gasteiger partial charge in [-0.05, 0) is 31.2 Å². The molecule has 2 amide bonds. The molecule has 0 saturated heterocycles. The molecule has 0 aliphatic carbocycles. The quantitative estimate of drug-likeness (QED) is 0.800. The van der Waals surface area contributed by atoms with E-state index in [2.05, 4.69) is 0 Å². The van der Waals surface area contributed by atoms with Crippen LogP contribution in [0.1, 0.15) is 23.7 Å². The molecule has 0 unspecified atom stereocenters. The van der Waals surface area contributed by atoms with Crippen LogP contribution in [0, 0.1) is 0 Å². The van der Waals surface area contributed by atoms with E-state index in [1.165, 1.54) is 0 Å². The largest absolute Gasteiger partial charge is 0.307 e. The van der Waals surface area contributed by atoms with Crippen molar-refractivity contribution in [1.29, 1.82) is 0 Å². The number of amides is 2. The third kappa shape index (κ3) is 2.59. The molecule has 5 heteroatoms. The Kier molecular flexibility index (Phi) is 4.35. The van der Waals surface area contributed by atoms with E-state index >= 15 is 0 Å². The highest BCUT2D eigenvalue weighted by molar-refractivity contribution is 6.21. The smallest absolute Gasteiger partial charge is 0.260 e. The molecule has 1 aliphatic rings. The van der Waals surface area contributed by atoms with Gasteiger partial charge < -0.3 is 4.90 Å². The van der Waals surface area contributed by atoms with Crippen molar-refractivity contribution in [3.05, 3.63) is 54.1 Å². The van der Waals surface area contributed by atoms with Gasteiger partial charge in [-0.15, -0.1) is 11.6 Å². The molecule has 0 fully saturated rings. The Labute approximate surface area is 140 Å². The lowest BCUT2D eigenvalue weighted by molar-refractivity contribution is -0.117. The van der Waals surface area contributed by atoms with Gasteiger partial charge in [0.25, 0.3) is 5.91 Å². The molecule has 118 valence electrons. The fraction of sp³-hybridized carbons (Fsp3) is 0.222. The third-order valence-corrected chi connectivity index (χ3v) is 4.10. The van der Waals surface area contributed by atoms with E-state index in [1.807, 2.05) is 43.3 Å². The molecule has 0 saturated carbocycles. The maximum absolute atomic E-state index is 12.9. The number of carbonyl (C=O) groups is 2. The van der Waals surface area contributed by atoms with Crippen molar-refractivity contribution in [2.24, 2.45) is 0 Å². The molecule has 4 nitrogen and oxygen atoms in total. The molecule has 0 spiro atoms. The molecule has 0 N–H and O–H groups in total. The maximum atomic E-state index is 12.9. The molecule has 0 aromatic heterocycles. The van der Waals surface area contributed by atoms with Gasteiger partial charge in [0.1, 0.15) is 0 Å². The first kappa shape index (κ1) is 15.6. The predicted molar refractivity (Wildman–Crippen MR) is 92.7 cm³/mol. The van der Waals surface area contributed by atoms with Gasteiger partial charge >= 0.3 is 0 Å². The van der Waals surface area contributed by atoms with Crippen LogP contribution in [-0.2, 0) is 4.79 Å². The monoisotopic (exact) mass is 328 g/mol. The summed E-state index contributed by atoms with van der Waals surface area (Å²) in [7, 11) is 0. The molecular weight excluding hydrogens is 312 g/mol. The Morgan fingerprint density at radius 2 is 1.61 bits per heavy atom. The van der Waals surface area contributed by atoms with E-state index < -0.39 is 0 Å². The number of fused-ring (bicyclic) bond motifs is 2. The molecule has 0 bridgehead atoms. The number of halogens is 1. The van der Waals surface area contributed by atoms with Gasteiger partial charge in [0, 0.05) is 18.8 Å². The number of benzene rings is 2. The van der Waals surface area contributed by atoms with Gasteiger partial charge in [-0.2, -0.15) is 0 Å². The summed E-state index contributed by atoms with van der Waals surface area (Å²) in [5, 5.41) is 0. The summed E-state index contributed by atoms with van der Waals surface area (Å²) in [5.74, 6) is 0.0212. The van der Waals surface area contributed by atoms with Crippen molar-refractivity contribution in [2.45, 2.75) is 13.3 Å². The minimum Gasteiger partial charge on any atom is -0.307 e. The van der Waals surface area contributed by atoms with E-state index in [4.69, 9.17) is 11.6 Å². The Morgan fingerprint density at radius 3 is 2.26 bits per heavy atom. The lowest BCUT2D eigenvalue weighted by atomic mass is 10.1. The lowest BCUT2D eigenvalue weighted by Crippen LogP contribution is -2.29. The molecule has 3 rings (SSSR count). The number of carbonyl (C=O) groups excluding carboxylic acids is 2. The van der Waals surface area contributed by atoms with E-state index in [1.54, 1.807) is 21.9 Å². The Morgan fingerprint density at radius 1 is 1.00 bits per heavy atom. The van der Waals surface area contributed by atoms with E-state index in [0.717, 1.165) is 5.69 Å². The van der Waals surface area contributed by atoms with Gasteiger partial charge in [-0.25, -0.2) is 0 Å². The Hall–Kier alpha value is -2.33. The molecule has 2 aromatic rings. The van der Waals surface area contributed by atoms with Crippen LogP contribution in [0.4, 0.5) is 17.1 Å². The van der Waals surface area contributed by atoms with Crippen molar-refractivity contribution < 1.29 is 9.59 Å². The number of anilines is 3. The van der Waals surface area contributed by atoms with Crippen LogP contribution in [0.5, 0.6) is 0 Å². The zero-order valence-electron chi connectivity index (χ0n) is 12.8. The first-order valence-electron chi connectivity index (χ1n) is 7.58. The van der Waals surface area contributed by atoms with Gasteiger partial charge in [-0.1, -0.05) is 24.3 Å². The zero-order valence-corrected chi connectivity index (χ0v) is 13.6. The molecule has 1 aliphatic heterocycles. The van der Waals surface area contributed by atoms with Crippen LogP contribution < -0.4 is 9.80 Å². The van der Waals surface area contributed by atoms with Crippen LogP contribution in [0.25, 0.3) is 0 Å². The summed E-state index contributed by atoms with van der Waals surface area (Å²) in [6, 6.07) is 14.7. The number of alkyl halides is 1. The molecular formula is C18H17ClN2O2. The summed E-state index contributed by atoms with van der Waals surface area (Å²) in [6.07, 6.45) is 0.213. The van der Waals surface area contributed by atoms with Crippen molar-refractivity contribution in [3.63, 3.8) is 0 Å². The van der Waals surface area contributed by atoms with Crippen molar-refractivity contribution in [3.8, 4) is 0 Å². The molecule has 2 aromatic carbocycles. The van der Waals surface area contributed by atoms with E-state index in [0.29, 0.717) is 23.5 Å². The summed E-state index contributed by atoms with van der Waals surface area (Å²) >= 11 is 5.77. The Balaban J connectivity index is 2.29. The van der Waals surface area contributed by atoms with Gasteiger partial charge in [0.05, 0.1) is 22.6 Å². The zero-order chi connectivity index (χ0) is 16.4. The second-order valence-corrected chi connectivity index (χ2v) is 5.60. The molecule has 0 atom stereocenters. The lowest BCUT2D eigenvalue weighted by Gasteiger charge is -2.25. The highest BCUT2D eigenvalue weighted by Gasteiger charge is 2.32. The summed E-state index contributed by atoms with van der Waals surface area (Å²) in [6.45, 7) is 2.45. The standard InChI is InChI=1S/C18H17ClN2O2/c1-2-20-15-9-5-6-10-16(15)21(17(22)11-12-19)14-8-4-3-7-13(14)18(20)23/h3-10H,2,11-12H2,1H3. The predicted octanol–water partition coefficient (Wildman–Crippen LogP) is 3.96. The summed E-state index contributed by atoms with van der Waals surface area (Å²) in [4.78, 5) is 28.9. The topological polar surface area (TPSA) is 40.6 Å². The first-order valence-corrected chi connectivity index (χ1v) is 8.11. The van der Waals surface area contributed by atoms with Crippen molar-refractivity contribution in [2.75, 3.05) is 22.2 Å². The van der Waals surface area contributed by atoms with Crippen LogP contribution in [-0.4, -0.2) is 24.2 Å². The number of nitrogens with zero attached hydrogens (tertiary/aromatic N) is 2. The maximum Gasteiger partial charge on any atom is 0.260 e. The average molecular weight is 329 g/mol. The van der Waals surface area contributed by atoms with E-state index in [-0.39, 0.29) is 24.1 Å². The fourth-order valence-electron chi connectivity index (χ4n) is 2.89. The molecule has 23 heavy (non-hydrogen) atoms. The average Bonchev–Trinajstić information content (AvgIpc) is 2.67. The van der Waals surface area contributed by atoms with Crippen LogP contribution >= 0.6 is 11.6 Å². The number of para-hydroxylation sites is 3. The van der Waals surface area contributed by atoms with Crippen LogP contribution in [0.15, 0.2) is 48.5 Å². The number of rotatable bonds is 3. The second kappa shape index (κ2) is 6.42. The summed E-state index contributed by atoms with van der Waals surface area (Å²) in [5.41, 5.74) is 2.58. The number of hydrogen-bond donors (Lipinski definition) is 0. The SMILES string of the molecule is CCN1C(=O)c2ccccc2N(C(=O)CCCl)c2ccccc21. The highest BCUT2D eigenvalue weighted by Crippen LogP contribution is 2.40. The molecule has 0 radical (unpaired) electrons. The van der Waals surface area contributed by atoms with Crippen LogP contribution in [0.3, 0.4) is 0 Å². The van der Waals surface area contributed by atoms with Gasteiger partial charge in [-0.3, -0.25) is 14.5 Å². The van der Waals surface area contributed by atoms with Crippen LogP contribution in [0.2, 0.25) is 0 Å². The van der Waals surface area contributed by atoms with Gasteiger partial charge in [0.2, 0.25) is 5.91 Å².